The highest BCUT2D eigenvalue weighted by atomic mass is 35.5. The summed E-state index contributed by atoms with van der Waals surface area (Å²) < 4.78 is 2.14. The highest BCUT2D eigenvalue weighted by molar-refractivity contribution is 6.30. The topological polar surface area (TPSA) is 29.9 Å². The van der Waals surface area contributed by atoms with Crippen LogP contribution >= 0.6 is 11.6 Å². The Morgan fingerprint density at radius 1 is 1.29 bits per heavy atom. The van der Waals surface area contributed by atoms with Crippen molar-refractivity contribution in [1.82, 2.24) is 14.9 Å². The third kappa shape index (κ3) is 3.08. The number of halogens is 1. The van der Waals surface area contributed by atoms with Gasteiger partial charge in [0.2, 0.25) is 0 Å². The molecule has 1 N–H and O–H groups in total. The Morgan fingerprint density at radius 2 is 2.06 bits per heavy atom. The van der Waals surface area contributed by atoms with Gasteiger partial charge in [-0.25, -0.2) is 4.98 Å². The Balaban J connectivity index is 2.15. The van der Waals surface area contributed by atoms with Crippen molar-refractivity contribution >= 4 is 11.6 Å². The highest BCUT2D eigenvalue weighted by Crippen LogP contribution is 2.20. The molecule has 0 saturated heterocycles. The van der Waals surface area contributed by atoms with E-state index in [0.29, 0.717) is 0 Å². The molecule has 2 aromatic rings. The lowest BCUT2D eigenvalue weighted by Gasteiger charge is -2.08. The number of hydrogen-bond donors (Lipinski definition) is 1. The van der Waals surface area contributed by atoms with Gasteiger partial charge in [-0.3, -0.25) is 0 Å². The number of benzene rings is 1. The maximum Gasteiger partial charge on any atom is 0.0951 e. The average molecular weight is 250 g/mol. The Kier molecular flexibility index (Phi) is 4.18. The molecule has 1 aromatic heterocycles. The minimum Gasteiger partial charge on any atom is -0.329 e. The normalized spacial score (nSPS) is 10.7. The van der Waals surface area contributed by atoms with E-state index in [0.717, 1.165) is 35.9 Å². The van der Waals surface area contributed by atoms with E-state index in [1.165, 1.54) is 0 Å². The van der Waals surface area contributed by atoms with Crippen LogP contribution in [-0.4, -0.2) is 22.6 Å². The summed E-state index contributed by atoms with van der Waals surface area (Å²) in [6, 6.07) is 7.84. The van der Waals surface area contributed by atoms with Gasteiger partial charge >= 0.3 is 0 Å². The third-order valence-corrected chi connectivity index (χ3v) is 2.88. The molecule has 2 rings (SSSR count). The van der Waals surface area contributed by atoms with Gasteiger partial charge in [0.25, 0.3) is 0 Å². The van der Waals surface area contributed by atoms with Gasteiger partial charge in [0.1, 0.15) is 0 Å². The zero-order chi connectivity index (χ0) is 12.1. The van der Waals surface area contributed by atoms with Gasteiger partial charge in [-0.2, -0.15) is 0 Å². The standard InChI is InChI=1S/C13H16ClN3/c1-2-15-7-8-17-10-16-9-13(17)11-3-5-12(14)6-4-11/h3-6,9-10,15H,2,7-8H2,1H3. The molecule has 0 unspecified atom stereocenters. The molecule has 0 fully saturated rings. The second-order valence-electron chi connectivity index (χ2n) is 3.83. The Hall–Kier alpha value is -1.32. The lowest BCUT2D eigenvalue weighted by Crippen LogP contribution is -2.19. The van der Waals surface area contributed by atoms with Crippen LogP contribution in [0.5, 0.6) is 0 Å². The molecule has 0 aliphatic heterocycles. The molecule has 0 atom stereocenters. The highest BCUT2D eigenvalue weighted by Gasteiger charge is 2.04. The molecule has 0 aliphatic carbocycles. The molecule has 0 amide bonds. The third-order valence-electron chi connectivity index (χ3n) is 2.63. The molecule has 3 nitrogen and oxygen atoms in total. The van der Waals surface area contributed by atoms with Crippen molar-refractivity contribution in [1.29, 1.82) is 0 Å². The summed E-state index contributed by atoms with van der Waals surface area (Å²) in [5, 5.41) is 4.06. The Bertz CT molecular complexity index is 462. The van der Waals surface area contributed by atoms with Crippen LogP contribution in [0.4, 0.5) is 0 Å². The van der Waals surface area contributed by atoms with E-state index >= 15 is 0 Å². The predicted molar refractivity (Wildman–Crippen MR) is 71.2 cm³/mol. The minimum atomic E-state index is 0.757. The first-order valence-electron chi connectivity index (χ1n) is 5.78. The summed E-state index contributed by atoms with van der Waals surface area (Å²) in [5.41, 5.74) is 2.27. The quantitative estimate of drug-likeness (QED) is 0.826. The van der Waals surface area contributed by atoms with Crippen LogP contribution in [0.3, 0.4) is 0 Å². The van der Waals surface area contributed by atoms with Gasteiger partial charge in [-0.1, -0.05) is 30.7 Å². The molecule has 0 aliphatic rings. The van der Waals surface area contributed by atoms with Crippen LogP contribution < -0.4 is 5.32 Å². The maximum absolute atomic E-state index is 5.88. The zero-order valence-corrected chi connectivity index (χ0v) is 10.6. The van der Waals surface area contributed by atoms with E-state index in [9.17, 15) is 0 Å². The van der Waals surface area contributed by atoms with E-state index in [-0.39, 0.29) is 0 Å². The van der Waals surface area contributed by atoms with Crippen molar-refractivity contribution in [2.24, 2.45) is 0 Å². The fourth-order valence-corrected chi connectivity index (χ4v) is 1.86. The summed E-state index contributed by atoms with van der Waals surface area (Å²) >= 11 is 5.88. The second kappa shape index (κ2) is 5.84. The number of likely N-dealkylation sites (N-methyl/N-ethyl adjacent to an activating group) is 1. The lowest BCUT2D eigenvalue weighted by molar-refractivity contribution is 0.616. The summed E-state index contributed by atoms with van der Waals surface area (Å²) in [5.74, 6) is 0. The molecule has 17 heavy (non-hydrogen) atoms. The fraction of sp³-hybridized carbons (Fsp3) is 0.308. The first-order valence-corrected chi connectivity index (χ1v) is 6.16. The van der Waals surface area contributed by atoms with Crippen molar-refractivity contribution < 1.29 is 0 Å². The molecule has 90 valence electrons. The van der Waals surface area contributed by atoms with Crippen molar-refractivity contribution in [2.45, 2.75) is 13.5 Å². The molecule has 0 saturated carbocycles. The van der Waals surface area contributed by atoms with Crippen molar-refractivity contribution in [3.05, 3.63) is 41.8 Å². The first kappa shape index (κ1) is 12.1. The molecule has 4 heteroatoms. The van der Waals surface area contributed by atoms with Crippen LogP contribution in [0.25, 0.3) is 11.3 Å². The van der Waals surface area contributed by atoms with Gasteiger partial charge in [0.15, 0.2) is 0 Å². The van der Waals surface area contributed by atoms with Crippen LogP contribution in [0, 0.1) is 0 Å². The number of nitrogens with zero attached hydrogens (tertiary/aromatic N) is 2. The van der Waals surface area contributed by atoms with Gasteiger partial charge in [0, 0.05) is 18.1 Å². The van der Waals surface area contributed by atoms with Crippen LogP contribution in [0.1, 0.15) is 6.92 Å². The van der Waals surface area contributed by atoms with Gasteiger partial charge < -0.3 is 9.88 Å². The number of imidazole rings is 1. The molecule has 0 radical (unpaired) electrons. The minimum absolute atomic E-state index is 0.757. The predicted octanol–water partition coefficient (Wildman–Crippen LogP) is 2.81. The van der Waals surface area contributed by atoms with Crippen LogP contribution in [0.2, 0.25) is 5.02 Å². The summed E-state index contributed by atoms with van der Waals surface area (Å²) in [4.78, 5) is 4.20. The van der Waals surface area contributed by atoms with Crippen molar-refractivity contribution in [2.75, 3.05) is 13.1 Å². The SMILES string of the molecule is CCNCCn1cncc1-c1ccc(Cl)cc1. The Morgan fingerprint density at radius 3 is 2.76 bits per heavy atom. The van der Waals surface area contributed by atoms with E-state index in [2.05, 4.69) is 21.8 Å². The monoisotopic (exact) mass is 249 g/mol. The van der Waals surface area contributed by atoms with Crippen molar-refractivity contribution in [3.8, 4) is 11.3 Å². The van der Waals surface area contributed by atoms with Crippen molar-refractivity contribution in [3.63, 3.8) is 0 Å². The van der Waals surface area contributed by atoms with Gasteiger partial charge in [-0.15, -0.1) is 0 Å². The largest absolute Gasteiger partial charge is 0.329 e. The number of hydrogen-bond acceptors (Lipinski definition) is 2. The summed E-state index contributed by atoms with van der Waals surface area (Å²) in [6.07, 6.45) is 3.75. The molecule has 0 bridgehead atoms. The number of nitrogens with one attached hydrogen (secondary N) is 1. The second-order valence-corrected chi connectivity index (χ2v) is 4.27. The number of aromatic nitrogens is 2. The molecule has 1 aromatic carbocycles. The smallest absolute Gasteiger partial charge is 0.0951 e. The van der Waals surface area contributed by atoms with E-state index in [1.54, 1.807) is 0 Å². The summed E-state index contributed by atoms with van der Waals surface area (Å²) in [7, 11) is 0. The van der Waals surface area contributed by atoms with Crippen LogP contribution in [-0.2, 0) is 6.54 Å². The maximum atomic E-state index is 5.88. The zero-order valence-electron chi connectivity index (χ0n) is 9.86. The van der Waals surface area contributed by atoms with E-state index in [1.807, 2.05) is 36.8 Å². The van der Waals surface area contributed by atoms with E-state index in [4.69, 9.17) is 11.6 Å². The van der Waals surface area contributed by atoms with Crippen LogP contribution in [0.15, 0.2) is 36.8 Å². The van der Waals surface area contributed by atoms with E-state index < -0.39 is 0 Å². The molecule has 1 heterocycles. The average Bonchev–Trinajstić information content (AvgIpc) is 2.79. The van der Waals surface area contributed by atoms with Gasteiger partial charge in [-0.05, 0) is 24.2 Å². The lowest BCUT2D eigenvalue weighted by atomic mass is 10.2. The number of rotatable bonds is 5. The molecular weight excluding hydrogens is 234 g/mol. The van der Waals surface area contributed by atoms with Gasteiger partial charge in [0.05, 0.1) is 18.2 Å². The molecule has 0 spiro atoms. The first-order chi connectivity index (χ1) is 8.31. The summed E-state index contributed by atoms with van der Waals surface area (Å²) in [6.45, 7) is 4.97. The fourth-order valence-electron chi connectivity index (χ4n) is 1.74. The molecular formula is C13H16ClN3. The Labute approximate surface area is 106 Å².